The van der Waals surface area contributed by atoms with Crippen LogP contribution in [0.25, 0.3) is 0 Å². The van der Waals surface area contributed by atoms with Crippen molar-refractivity contribution >= 4 is 6.09 Å². The van der Waals surface area contributed by atoms with Crippen molar-refractivity contribution in [2.45, 2.75) is 40.3 Å². The number of carboxylic acid groups (broad SMARTS) is 1. The molecule has 0 aliphatic carbocycles. The number of nitrogens with zero attached hydrogens (tertiary/aromatic N) is 3. The molecule has 1 aromatic rings. The number of aromatic nitrogens is 2. The largest absolute Gasteiger partial charge is 0.465 e. The number of hydrogen-bond acceptors (Lipinski definition) is 2. The Morgan fingerprint density at radius 2 is 2.06 bits per heavy atom. The number of amides is 1. The van der Waals surface area contributed by atoms with Crippen molar-refractivity contribution < 1.29 is 9.90 Å². The van der Waals surface area contributed by atoms with E-state index in [-0.39, 0.29) is 12.0 Å². The van der Waals surface area contributed by atoms with Gasteiger partial charge in [-0.25, -0.2) is 9.78 Å². The minimum absolute atomic E-state index is 0.188. The molecule has 0 fully saturated rings. The molecule has 5 nitrogen and oxygen atoms in total. The SMILES string of the molecule is CC(C)Cn1cnc([C@H](C(C)C)N(C)C(=O)O)c1. The highest BCUT2D eigenvalue weighted by Crippen LogP contribution is 2.26. The van der Waals surface area contributed by atoms with Crippen LogP contribution in [0.3, 0.4) is 0 Å². The highest BCUT2D eigenvalue weighted by molar-refractivity contribution is 5.65. The maximum absolute atomic E-state index is 11.1. The molecule has 0 aliphatic rings. The highest BCUT2D eigenvalue weighted by atomic mass is 16.4. The maximum Gasteiger partial charge on any atom is 0.407 e. The van der Waals surface area contributed by atoms with Gasteiger partial charge in [0.15, 0.2) is 0 Å². The van der Waals surface area contributed by atoms with Gasteiger partial charge >= 0.3 is 6.09 Å². The van der Waals surface area contributed by atoms with Crippen LogP contribution in [-0.4, -0.2) is 32.7 Å². The molecule has 0 saturated carbocycles. The van der Waals surface area contributed by atoms with Gasteiger partial charge in [0.2, 0.25) is 0 Å². The van der Waals surface area contributed by atoms with Crippen LogP contribution < -0.4 is 0 Å². The van der Waals surface area contributed by atoms with Crippen molar-refractivity contribution in [1.82, 2.24) is 14.5 Å². The van der Waals surface area contributed by atoms with Crippen LogP contribution in [0.4, 0.5) is 4.79 Å². The number of rotatable bonds is 5. The van der Waals surface area contributed by atoms with E-state index in [9.17, 15) is 4.79 Å². The average molecular weight is 253 g/mol. The van der Waals surface area contributed by atoms with Gasteiger partial charge in [-0.15, -0.1) is 0 Å². The van der Waals surface area contributed by atoms with Gasteiger partial charge in [-0.05, 0) is 11.8 Å². The Balaban J connectivity index is 2.93. The van der Waals surface area contributed by atoms with E-state index in [1.807, 2.05) is 24.6 Å². The molecule has 0 saturated heterocycles. The molecule has 0 unspecified atom stereocenters. The molecular weight excluding hydrogens is 230 g/mol. The summed E-state index contributed by atoms with van der Waals surface area (Å²) in [5, 5.41) is 9.11. The second kappa shape index (κ2) is 5.89. The first-order valence-electron chi connectivity index (χ1n) is 6.30. The standard InChI is InChI=1S/C13H23N3O2/c1-9(2)6-16-7-11(14-8-16)12(10(3)4)15(5)13(17)18/h7-10,12H,6H2,1-5H3,(H,17,18)/t12-/m0/s1. The van der Waals surface area contributed by atoms with Crippen LogP contribution in [-0.2, 0) is 6.54 Å². The van der Waals surface area contributed by atoms with Crippen molar-refractivity contribution in [3.63, 3.8) is 0 Å². The minimum atomic E-state index is -0.924. The Bertz CT molecular complexity index is 399. The summed E-state index contributed by atoms with van der Waals surface area (Å²) in [6.45, 7) is 9.19. The third-order valence-electron chi connectivity index (χ3n) is 2.88. The molecule has 1 aromatic heterocycles. The van der Waals surface area contributed by atoms with Gasteiger partial charge in [-0.2, -0.15) is 0 Å². The molecule has 1 N–H and O–H groups in total. The van der Waals surface area contributed by atoms with Crippen LogP contribution in [0.2, 0.25) is 0 Å². The Hall–Kier alpha value is -1.52. The molecule has 102 valence electrons. The summed E-state index contributed by atoms with van der Waals surface area (Å²) in [5.74, 6) is 0.732. The first kappa shape index (κ1) is 14.5. The first-order valence-corrected chi connectivity index (χ1v) is 6.30. The van der Waals surface area contributed by atoms with Gasteiger partial charge in [-0.1, -0.05) is 27.7 Å². The summed E-state index contributed by atoms with van der Waals surface area (Å²) in [6, 6.07) is -0.198. The summed E-state index contributed by atoms with van der Waals surface area (Å²) in [4.78, 5) is 16.8. The van der Waals surface area contributed by atoms with E-state index in [1.54, 1.807) is 13.4 Å². The van der Waals surface area contributed by atoms with Crippen LogP contribution in [0, 0.1) is 11.8 Å². The van der Waals surface area contributed by atoms with Crippen LogP contribution in [0.15, 0.2) is 12.5 Å². The smallest absolute Gasteiger partial charge is 0.407 e. The maximum atomic E-state index is 11.1. The summed E-state index contributed by atoms with van der Waals surface area (Å²) >= 11 is 0. The van der Waals surface area contributed by atoms with Crippen LogP contribution in [0.1, 0.15) is 39.4 Å². The molecule has 5 heteroatoms. The van der Waals surface area contributed by atoms with Gasteiger partial charge in [0.05, 0.1) is 18.1 Å². The van der Waals surface area contributed by atoms with E-state index in [1.165, 1.54) is 4.90 Å². The molecule has 0 aromatic carbocycles. The first-order chi connectivity index (χ1) is 8.32. The molecule has 18 heavy (non-hydrogen) atoms. The summed E-state index contributed by atoms with van der Waals surface area (Å²) in [7, 11) is 1.59. The zero-order chi connectivity index (χ0) is 13.9. The Morgan fingerprint density at radius 3 is 2.50 bits per heavy atom. The lowest BCUT2D eigenvalue weighted by molar-refractivity contribution is 0.124. The number of carbonyl (C=O) groups is 1. The van der Waals surface area contributed by atoms with E-state index in [0.717, 1.165) is 12.2 Å². The zero-order valence-electron chi connectivity index (χ0n) is 11.8. The number of hydrogen-bond donors (Lipinski definition) is 1. The van der Waals surface area contributed by atoms with Crippen molar-refractivity contribution in [2.24, 2.45) is 11.8 Å². The second-order valence-electron chi connectivity index (χ2n) is 5.47. The third-order valence-corrected chi connectivity index (χ3v) is 2.88. The molecule has 0 spiro atoms. The molecule has 0 bridgehead atoms. The van der Waals surface area contributed by atoms with Gasteiger partial charge in [0, 0.05) is 19.8 Å². The fourth-order valence-electron chi connectivity index (χ4n) is 2.16. The Labute approximate surface area is 108 Å². The molecule has 0 aliphatic heterocycles. The monoisotopic (exact) mass is 253 g/mol. The lowest BCUT2D eigenvalue weighted by Gasteiger charge is -2.27. The van der Waals surface area contributed by atoms with Gasteiger partial charge in [-0.3, -0.25) is 0 Å². The van der Waals surface area contributed by atoms with Crippen molar-refractivity contribution in [2.75, 3.05) is 7.05 Å². The normalized spacial score (nSPS) is 13.1. The predicted molar refractivity (Wildman–Crippen MR) is 70.4 cm³/mol. The summed E-state index contributed by atoms with van der Waals surface area (Å²) in [5.41, 5.74) is 0.815. The zero-order valence-corrected chi connectivity index (χ0v) is 11.8. The second-order valence-corrected chi connectivity index (χ2v) is 5.47. The van der Waals surface area contributed by atoms with Crippen molar-refractivity contribution in [3.05, 3.63) is 18.2 Å². The highest BCUT2D eigenvalue weighted by Gasteiger charge is 2.26. The molecule has 1 amide bonds. The van der Waals surface area contributed by atoms with Gasteiger partial charge in [0.25, 0.3) is 0 Å². The molecule has 1 atom stereocenters. The third kappa shape index (κ3) is 3.48. The van der Waals surface area contributed by atoms with Crippen molar-refractivity contribution in [3.8, 4) is 0 Å². The predicted octanol–water partition coefficient (Wildman–Crippen LogP) is 2.85. The quantitative estimate of drug-likeness (QED) is 0.877. The van der Waals surface area contributed by atoms with E-state index in [0.29, 0.717) is 5.92 Å². The Kier molecular flexibility index (Phi) is 4.76. The fourth-order valence-corrected chi connectivity index (χ4v) is 2.16. The molecule has 1 rings (SSSR count). The van der Waals surface area contributed by atoms with Gasteiger partial charge in [0.1, 0.15) is 0 Å². The van der Waals surface area contributed by atoms with Crippen LogP contribution in [0.5, 0.6) is 0 Å². The average Bonchev–Trinajstić information content (AvgIpc) is 2.64. The summed E-state index contributed by atoms with van der Waals surface area (Å²) < 4.78 is 2.02. The lowest BCUT2D eigenvalue weighted by atomic mass is 10.0. The Morgan fingerprint density at radius 1 is 1.44 bits per heavy atom. The van der Waals surface area contributed by atoms with E-state index < -0.39 is 6.09 Å². The topological polar surface area (TPSA) is 58.4 Å². The van der Waals surface area contributed by atoms with E-state index in [2.05, 4.69) is 18.8 Å². The molecule has 1 heterocycles. The summed E-state index contributed by atoms with van der Waals surface area (Å²) in [6.07, 6.45) is 2.80. The molecular formula is C13H23N3O2. The molecule has 0 radical (unpaired) electrons. The lowest BCUT2D eigenvalue weighted by Crippen LogP contribution is -2.33. The number of imidazole rings is 1. The van der Waals surface area contributed by atoms with Crippen LogP contribution >= 0.6 is 0 Å². The van der Waals surface area contributed by atoms with Crippen molar-refractivity contribution in [1.29, 1.82) is 0 Å². The minimum Gasteiger partial charge on any atom is -0.465 e. The van der Waals surface area contributed by atoms with E-state index in [4.69, 9.17) is 5.11 Å². The van der Waals surface area contributed by atoms with Gasteiger partial charge < -0.3 is 14.6 Å². The fraction of sp³-hybridized carbons (Fsp3) is 0.692. The van der Waals surface area contributed by atoms with E-state index >= 15 is 0 Å².